The molecule has 0 saturated carbocycles. The summed E-state index contributed by atoms with van der Waals surface area (Å²) in [7, 11) is 0. The summed E-state index contributed by atoms with van der Waals surface area (Å²) >= 11 is 0. The quantitative estimate of drug-likeness (QED) is 0.764. The molecule has 1 aliphatic rings. The summed E-state index contributed by atoms with van der Waals surface area (Å²) in [6, 6.07) is 5.58. The number of Topliss-reactive ketones (excluding diaryl/α,β-unsaturated/α-hetero) is 2. The maximum absolute atomic E-state index is 12.3. The number of rotatable bonds is 1. The van der Waals surface area contributed by atoms with Crippen LogP contribution >= 0.6 is 0 Å². The van der Waals surface area contributed by atoms with Gasteiger partial charge in [-0.2, -0.15) is 13.2 Å². The van der Waals surface area contributed by atoms with Crippen LogP contribution < -0.4 is 0 Å². The fourth-order valence-corrected chi connectivity index (χ4v) is 1.91. The van der Waals surface area contributed by atoms with Gasteiger partial charge in [0.05, 0.1) is 6.10 Å². The zero-order valence-electron chi connectivity index (χ0n) is 8.36. The summed E-state index contributed by atoms with van der Waals surface area (Å²) in [4.78, 5) is 22.7. The number of aliphatic hydroxyl groups is 1. The van der Waals surface area contributed by atoms with Gasteiger partial charge >= 0.3 is 6.18 Å². The van der Waals surface area contributed by atoms with Gasteiger partial charge in [0.1, 0.15) is 5.92 Å². The molecule has 0 aromatic heterocycles. The lowest BCUT2D eigenvalue weighted by Gasteiger charge is -2.14. The van der Waals surface area contributed by atoms with Gasteiger partial charge in [0.15, 0.2) is 5.78 Å². The Morgan fingerprint density at radius 2 is 1.82 bits per heavy atom. The van der Waals surface area contributed by atoms with Crippen molar-refractivity contribution in [1.82, 2.24) is 0 Å². The Labute approximate surface area is 93.9 Å². The van der Waals surface area contributed by atoms with Crippen LogP contribution in [0.25, 0.3) is 0 Å². The first-order chi connectivity index (χ1) is 7.84. The lowest BCUT2D eigenvalue weighted by atomic mass is 9.97. The monoisotopic (exact) mass is 244 g/mol. The van der Waals surface area contributed by atoms with Crippen molar-refractivity contribution in [2.24, 2.45) is 5.92 Å². The maximum atomic E-state index is 12.3. The summed E-state index contributed by atoms with van der Waals surface area (Å²) in [5.41, 5.74) is 0.0442. The largest absolute Gasteiger partial charge is 0.450 e. The predicted molar refractivity (Wildman–Crippen MR) is 50.3 cm³/mol. The minimum atomic E-state index is -5.12. The second-order valence-electron chi connectivity index (χ2n) is 3.74. The molecule has 0 fully saturated rings. The van der Waals surface area contributed by atoms with Gasteiger partial charge in [-0.05, 0) is 5.56 Å². The summed E-state index contributed by atoms with van der Waals surface area (Å²) in [5, 5.41) is 9.60. The Kier molecular flexibility index (Phi) is 2.54. The molecule has 17 heavy (non-hydrogen) atoms. The van der Waals surface area contributed by atoms with Gasteiger partial charge in [-0.25, -0.2) is 0 Å². The highest BCUT2D eigenvalue weighted by molar-refractivity contribution is 6.15. The van der Waals surface area contributed by atoms with E-state index in [-0.39, 0.29) is 11.1 Å². The second-order valence-corrected chi connectivity index (χ2v) is 3.74. The molecular formula is C11H7F3O3. The molecule has 0 aliphatic heterocycles. The fraction of sp³-hybridized carbons (Fsp3) is 0.273. The Balaban J connectivity index is 2.43. The van der Waals surface area contributed by atoms with Crippen molar-refractivity contribution >= 4 is 11.6 Å². The van der Waals surface area contributed by atoms with E-state index in [1.807, 2.05) is 0 Å². The van der Waals surface area contributed by atoms with Gasteiger partial charge in [-0.1, -0.05) is 24.3 Å². The van der Waals surface area contributed by atoms with Crippen molar-refractivity contribution < 1.29 is 27.9 Å². The molecule has 0 saturated heterocycles. The molecule has 0 radical (unpaired) electrons. The zero-order chi connectivity index (χ0) is 12.8. The smallest absolute Gasteiger partial charge is 0.387 e. The average molecular weight is 244 g/mol. The summed E-state index contributed by atoms with van der Waals surface area (Å²) in [5.74, 6) is -5.24. The predicted octanol–water partition coefficient (Wildman–Crippen LogP) is 1.66. The highest BCUT2D eigenvalue weighted by Crippen LogP contribution is 2.39. The van der Waals surface area contributed by atoms with Crippen LogP contribution in [0.4, 0.5) is 13.2 Å². The Hall–Kier alpha value is -1.69. The first-order valence-corrected chi connectivity index (χ1v) is 4.76. The van der Waals surface area contributed by atoms with Crippen LogP contribution in [-0.4, -0.2) is 22.8 Å². The molecule has 0 bridgehead atoms. The Morgan fingerprint density at radius 3 is 2.35 bits per heavy atom. The van der Waals surface area contributed by atoms with Crippen LogP contribution in [0.2, 0.25) is 0 Å². The van der Waals surface area contributed by atoms with Gasteiger partial charge < -0.3 is 5.11 Å². The van der Waals surface area contributed by atoms with Crippen LogP contribution in [0, 0.1) is 5.92 Å². The fourth-order valence-electron chi connectivity index (χ4n) is 1.91. The average Bonchev–Trinajstić information content (AvgIpc) is 2.51. The van der Waals surface area contributed by atoms with Crippen LogP contribution in [0.1, 0.15) is 22.0 Å². The van der Waals surface area contributed by atoms with Crippen molar-refractivity contribution in [2.45, 2.75) is 12.3 Å². The lowest BCUT2D eigenvalue weighted by Crippen LogP contribution is -2.35. The number of hydrogen-bond donors (Lipinski definition) is 1. The highest BCUT2D eigenvalue weighted by Gasteiger charge is 2.53. The minimum absolute atomic E-state index is 0.0254. The van der Waals surface area contributed by atoms with Gasteiger partial charge in [-0.15, -0.1) is 0 Å². The molecule has 6 heteroatoms. The van der Waals surface area contributed by atoms with Crippen molar-refractivity contribution in [3.05, 3.63) is 35.4 Å². The van der Waals surface area contributed by atoms with Crippen molar-refractivity contribution in [3.8, 4) is 0 Å². The molecule has 2 rings (SSSR count). The van der Waals surface area contributed by atoms with Gasteiger partial charge in [0, 0.05) is 5.56 Å². The summed E-state index contributed by atoms with van der Waals surface area (Å²) in [6.45, 7) is 0. The van der Waals surface area contributed by atoms with Crippen molar-refractivity contribution in [3.63, 3.8) is 0 Å². The number of benzene rings is 1. The molecule has 2 unspecified atom stereocenters. The van der Waals surface area contributed by atoms with E-state index in [2.05, 4.69) is 0 Å². The van der Waals surface area contributed by atoms with E-state index in [0.717, 1.165) is 0 Å². The third-order valence-corrected chi connectivity index (χ3v) is 2.70. The summed E-state index contributed by atoms with van der Waals surface area (Å²) in [6.07, 6.45) is -6.84. The van der Waals surface area contributed by atoms with Crippen molar-refractivity contribution in [2.75, 3.05) is 0 Å². The van der Waals surface area contributed by atoms with E-state index in [1.54, 1.807) is 0 Å². The molecule has 1 N–H and O–H groups in total. The minimum Gasteiger partial charge on any atom is -0.387 e. The first kappa shape index (κ1) is 11.8. The van der Waals surface area contributed by atoms with Crippen LogP contribution in [0.15, 0.2) is 24.3 Å². The molecule has 0 heterocycles. The van der Waals surface area contributed by atoms with E-state index < -0.39 is 29.8 Å². The van der Waals surface area contributed by atoms with E-state index in [9.17, 15) is 27.9 Å². The highest BCUT2D eigenvalue weighted by atomic mass is 19.4. The SMILES string of the molecule is O=C1c2ccccc2C(O)C1C(=O)C(F)(F)F. The molecule has 1 aliphatic carbocycles. The number of hydrogen-bond acceptors (Lipinski definition) is 3. The van der Waals surface area contributed by atoms with E-state index >= 15 is 0 Å². The standard InChI is InChI=1S/C11H7F3O3/c12-11(13,14)10(17)7-8(15)5-3-1-2-4-6(5)9(7)16/h1-4,7-8,15H. The van der Waals surface area contributed by atoms with Crippen LogP contribution in [-0.2, 0) is 4.79 Å². The number of fused-ring (bicyclic) bond motifs is 1. The molecule has 3 nitrogen and oxygen atoms in total. The van der Waals surface area contributed by atoms with E-state index in [4.69, 9.17) is 0 Å². The number of carbonyl (C=O) groups is 2. The zero-order valence-corrected chi connectivity index (χ0v) is 8.36. The normalized spacial score (nSPS) is 23.6. The maximum Gasteiger partial charge on any atom is 0.450 e. The molecule has 0 spiro atoms. The topological polar surface area (TPSA) is 54.4 Å². The molecule has 1 aromatic rings. The Morgan fingerprint density at radius 1 is 1.24 bits per heavy atom. The Bertz CT molecular complexity index is 493. The van der Waals surface area contributed by atoms with Crippen molar-refractivity contribution in [1.29, 1.82) is 0 Å². The molecule has 2 atom stereocenters. The second kappa shape index (κ2) is 3.66. The van der Waals surface area contributed by atoms with E-state index in [1.165, 1.54) is 24.3 Å². The molecular weight excluding hydrogens is 237 g/mol. The third-order valence-electron chi connectivity index (χ3n) is 2.70. The molecule has 90 valence electrons. The van der Waals surface area contributed by atoms with Gasteiger partial charge in [0.2, 0.25) is 5.78 Å². The van der Waals surface area contributed by atoms with Crippen LogP contribution in [0.5, 0.6) is 0 Å². The third kappa shape index (κ3) is 1.74. The molecule has 0 amide bonds. The number of ketones is 2. The number of carbonyl (C=O) groups excluding carboxylic acids is 2. The summed E-state index contributed by atoms with van der Waals surface area (Å²) < 4.78 is 36.8. The lowest BCUT2D eigenvalue weighted by molar-refractivity contribution is -0.176. The molecule has 1 aromatic carbocycles. The number of halogens is 3. The van der Waals surface area contributed by atoms with Crippen LogP contribution in [0.3, 0.4) is 0 Å². The van der Waals surface area contributed by atoms with E-state index in [0.29, 0.717) is 0 Å². The van der Waals surface area contributed by atoms with Gasteiger partial charge in [-0.3, -0.25) is 9.59 Å². The van der Waals surface area contributed by atoms with Gasteiger partial charge in [0.25, 0.3) is 0 Å². The number of alkyl halides is 3. The first-order valence-electron chi connectivity index (χ1n) is 4.76. The number of aliphatic hydroxyl groups excluding tert-OH is 1.